The Balaban J connectivity index is 1.58. The van der Waals surface area contributed by atoms with Gasteiger partial charge >= 0.3 is 6.03 Å². The number of aromatic nitrogens is 2. The van der Waals surface area contributed by atoms with Gasteiger partial charge in [-0.05, 0) is 30.5 Å². The van der Waals surface area contributed by atoms with Crippen LogP contribution in [0.4, 0.5) is 4.79 Å². The molecule has 0 aliphatic carbocycles. The number of nitrogens with one attached hydrogen (secondary N) is 1. The molecule has 0 bridgehead atoms. The minimum absolute atomic E-state index is 0.0651. The number of aromatic hydroxyl groups is 1. The highest BCUT2D eigenvalue weighted by Gasteiger charge is 2.28. The number of phenolic OH excluding ortho intramolecular Hbond substituents is 1. The van der Waals surface area contributed by atoms with Crippen molar-refractivity contribution < 1.29 is 14.6 Å². The monoisotopic (exact) mass is 330 g/mol. The number of hydrogen-bond acceptors (Lipinski definition) is 4. The number of benzene rings is 1. The Labute approximate surface area is 140 Å². The van der Waals surface area contributed by atoms with E-state index in [-0.39, 0.29) is 17.8 Å². The molecule has 0 saturated carbocycles. The maximum Gasteiger partial charge on any atom is 0.317 e. The molecule has 0 radical (unpaired) electrons. The molecule has 2 aromatic rings. The minimum Gasteiger partial charge on any atom is -0.504 e. The first-order valence-corrected chi connectivity index (χ1v) is 8.03. The number of rotatable bonds is 5. The predicted molar refractivity (Wildman–Crippen MR) is 88.8 cm³/mol. The number of hydrogen-bond donors (Lipinski definition) is 2. The Bertz CT molecular complexity index is 687. The quantitative estimate of drug-likeness (QED) is 0.878. The summed E-state index contributed by atoms with van der Waals surface area (Å²) >= 11 is 0. The molecule has 2 heterocycles. The summed E-state index contributed by atoms with van der Waals surface area (Å²) in [6, 6.07) is 5.18. The fourth-order valence-corrected chi connectivity index (χ4v) is 3.04. The van der Waals surface area contributed by atoms with Gasteiger partial charge in [0.05, 0.1) is 19.5 Å². The Kier molecular flexibility index (Phi) is 4.88. The molecule has 3 rings (SSSR count). The topological polar surface area (TPSA) is 79.6 Å². The van der Waals surface area contributed by atoms with Crippen LogP contribution in [0, 0.1) is 0 Å². The molecule has 1 saturated heterocycles. The number of amides is 2. The van der Waals surface area contributed by atoms with E-state index < -0.39 is 0 Å². The van der Waals surface area contributed by atoms with Gasteiger partial charge in [0.15, 0.2) is 11.5 Å². The largest absolute Gasteiger partial charge is 0.504 e. The lowest BCUT2D eigenvalue weighted by molar-refractivity contribution is 0.187. The summed E-state index contributed by atoms with van der Waals surface area (Å²) in [5, 5.41) is 12.6. The summed E-state index contributed by atoms with van der Waals surface area (Å²) < 4.78 is 7.09. The molecule has 7 heteroatoms. The van der Waals surface area contributed by atoms with E-state index in [0.29, 0.717) is 12.3 Å². The van der Waals surface area contributed by atoms with Crippen molar-refractivity contribution in [3.05, 3.63) is 42.5 Å². The lowest BCUT2D eigenvalue weighted by Gasteiger charge is -2.25. The molecule has 1 aromatic heterocycles. The summed E-state index contributed by atoms with van der Waals surface area (Å²) in [5.74, 6) is 0.494. The van der Waals surface area contributed by atoms with Crippen molar-refractivity contribution >= 4 is 6.03 Å². The fraction of sp³-hybridized carbons (Fsp3) is 0.412. The SMILES string of the molecule is COc1cc(CNC(=O)N2CCCC2Cn2ccnc2)ccc1O. The van der Waals surface area contributed by atoms with Crippen LogP contribution in [0.5, 0.6) is 11.5 Å². The van der Waals surface area contributed by atoms with E-state index in [0.717, 1.165) is 31.5 Å². The van der Waals surface area contributed by atoms with Crippen molar-refractivity contribution in [2.75, 3.05) is 13.7 Å². The van der Waals surface area contributed by atoms with E-state index in [1.54, 1.807) is 30.7 Å². The zero-order valence-corrected chi connectivity index (χ0v) is 13.7. The first-order chi connectivity index (χ1) is 11.7. The Morgan fingerprint density at radius 2 is 2.38 bits per heavy atom. The normalized spacial score (nSPS) is 17.0. The molecule has 1 fully saturated rings. The van der Waals surface area contributed by atoms with Crippen molar-refractivity contribution in [2.24, 2.45) is 0 Å². The second-order valence-electron chi connectivity index (χ2n) is 5.91. The van der Waals surface area contributed by atoms with Crippen molar-refractivity contribution in [1.29, 1.82) is 0 Å². The van der Waals surface area contributed by atoms with E-state index in [1.165, 1.54) is 7.11 Å². The van der Waals surface area contributed by atoms with Gasteiger partial charge in [-0.25, -0.2) is 9.78 Å². The van der Waals surface area contributed by atoms with Gasteiger partial charge in [-0.2, -0.15) is 0 Å². The summed E-state index contributed by atoms with van der Waals surface area (Å²) in [4.78, 5) is 18.4. The predicted octanol–water partition coefficient (Wildman–Crippen LogP) is 1.97. The van der Waals surface area contributed by atoms with Crippen LogP contribution in [-0.4, -0.2) is 45.3 Å². The molecule has 7 nitrogen and oxygen atoms in total. The molecule has 24 heavy (non-hydrogen) atoms. The van der Waals surface area contributed by atoms with Crippen LogP contribution in [0.1, 0.15) is 18.4 Å². The summed E-state index contributed by atoms with van der Waals surface area (Å²) in [5.41, 5.74) is 0.878. The third-order valence-electron chi connectivity index (χ3n) is 4.31. The molecule has 0 spiro atoms. The first-order valence-electron chi connectivity index (χ1n) is 8.03. The van der Waals surface area contributed by atoms with Crippen molar-refractivity contribution in [3.8, 4) is 11.5 Å². The lowest BCUT2D eigenvalue weighted by Crippen LogP contribution is -2.44. The van der Waals surface area contributed by atoms with Crippen molar-refractivity contribution in [1.82, 2.24) is 19.8 Å². The van der Waals surface area contributed by atoms with Gasteiger partial charge in [-0.15, -0.1) is 0 Å². The van der Waals surface area contributed by atoms with Gasteiger partial charge in [-0.3, -0.25) is 0 Å². The van der Waals surface area contributed by atoms with Gasteiger partial charge in [-0.1, -0.05) is 6.07 Å². The number of methoxy groups -OCH3 is 1. The molecule has 1 atom stereocenters. The Hall–Kier alpha value is -2.70. The van der Waals surface area contributed by atoms with Crippen LogP contribution in [0.3, 0.4) is 0 Å². The maximum atomic E-state index is 12.5. The van der Waals surface area contributed by atoms with Gasteiger partial charge in [0, 0.05) is 32.0 Å². The second kappa shape index (κ2) is 7.25. The Morgan fingerprint density at radius 3 is 3.12 bits per heavy atom. The van der Waals surface area contributed by atoms with Gasteiger partial charge in [0.1, 0.15) is 0 Å². The van der Waals surface area contributed by atoms with E-state index in [2.05, 4.69) is 10.3 Å². The minimum atomic E-state index is -0.0651. The third-order valence-corrected chi connectivity index (χ3v) is 4.31. The van der Waals surface area contributed by atoms with E-state index in [1.807, 2.05) is 15.7 Å². The highest BCUT2D eigenvalue weighted by Crippen LogP contribution is 2.26. The summed E-state index contributed by atoms with van der Waals surface area (Å²) in [6.45, 7) is 1.92. The molecule has 1 aliphatic rings. The number of nitrogens with zero attached hydrogens (tertiary/aromatic N) is 3. The maximum absolute atomic E-state index is 12.5. The molecule has 2 amide bonds. The van der Waals surface area contributed by atoms with Crippen molar-refractivity contribution in [2.45, 2.75) is 32.0 Å². The van der Waals surface area contributed by atoms with Crippen LogP contribution >= 0.6 is 0 Å². The highest BCUT2D eigenvalue weighted by atomic mass is 16.5. The average molecular weight is 330 g/mol. The highest BCUT2D eigenvalue weighted by molar-refractivity contribution is 5.74. The molecule has 128 valence electrons. The number of carbonyl (C=O) groups is 1. The first kappa shape index (κ1) is 16.2. The molecule has 1 unspecified atom stereocenters. The summed E-state index contributed by atoms with van der Waals surface area (Å²) in [6.07, 6.45) is 7.45. The standard InChI is InChI=1S/C17H22N4O3/c1-24-16-9-13(4-5-15(16)22)10-19-17(23)21-7-2-3-14(21)11-20-8-6-18-12-20/h4-6,8-9,12,14,22H,2-3,7,10-11H2,1H3,(H,19,23). The number of likely N-dealkylation sites (tertiary alicyclic amines) is 1. The second-order valence-corrected chi connectivity index (χ2v) is 5.91. The van der Waals surface area contributed by atoms with Gasteiger partial charge < -0.3 is 24.6 Å². The van der Waals surface area contributed by atoms with Crippen LogP contribution < -0.4 is 10.1 Å². The van der Waals surface area contributed by atoms with Crippen LogP contribution in [0.2, 0.25) is 0 Å². The zero-order valence-electron chi connectivity index (χ0n) is 13.7. The number of carbonyl (C=O) groups excluding carboxylic acids is 1. The van der Waals surface area contributed by atoms with Crippen molar-refractivity contribution in [3.63, 3.8) is 0 Å². The van der Waals surface area contributed by atoms with Crippen LogP contribution in [0.25, 0.3) is 0 Å². The van der Waals surface area contributed by atoms with E-state index >= 15 is 0 Å². The van der Waals surface area contributed by atoms with Gasteiger partial charge in [0.2, 0.25) is 0 Å². The molecule has 1 aliphatic heterocycles. The number of ether oxygens (including phenoxy) is 1. The smallest absolute Gasteiger partial charge is 0.317 e. The summed E-state index contributed by atoms with van der Waals surface area (Å²) in [7, 11) is 1.50. The number of urea groups is 1. The number of phenols is 1. The Morgan fingerprint density at radius 1 is 1.50 bits per heavy atom. The van der Waals surface area contributed by atoms with Crippen LogP contribution in [-0.2, 0) is 13.1 Å². The third kappa shape index (κ3) is 3.61. The molecular weight excluding hydrogens is 308 g/mol. The van der Waals surface area contributed by atoms with Gasteiger partial charge in [0.25, 0.3) is 0 Å². The lowest BCUT2D eigenvalue weighted by atomic mass is 10.2. The molecule has 2 N–H and O–H groups in total. The molecular formula is C17H22N4O3. The molecule has 1 aromatic carbocycles. The fourth-order valence-electron chi connectivity index (χ4n) is 3.04. The average Bonchev–Trinajstić information content (AvgIpc) is 3.26. The van der Waals surface area contributed by atoms with E-state index in [4.69, 9.17) is 4.74 Å². The van der Waals surface area contributed by atoms with E-state index in [9.17, 15) is 9.90 Å². The zero-order chi connectivity index (χ0) is 16.9. The number of imidazole rings is 1. The van der Waals surface area contributed by atoms with Crippen LogP contribution in [0.15, 0.2) is 36.9 Å².